The van der Waals surface area contributed by atoms with Gasteiger partial charge in [-0.05, 0) is 61.4 Å². The first kappa shape index (κ1) is 27.1. The Kier molecular flexibility index (Phi) is 8.83. The molecular formula is C27H31FN2O6S. The minimum Gasteiger partial charge on any atom is -0.481 e. The molecule has 0 aliphatic carbocycles. The zero-order chi connectivity index (χ0) is 26.4. The normalized spacial score (nSPS) is 23.4. The monoisotopic (exact) mass is 530 g/mol. The third kappa shape index (κ3) is 6.49. The molecule has 198 valence electrons. The van der Waals surface area contributed by atoms with Crippen LogP contribution in [0.2, 0.25) is 0 Å². The van der Waals surface area contributed by atoms with Crippen molar-refractivity contribution in [3.05, 3.63) is 59.9 Å². The molecule has 2 aromatic carbocycles. The van der Waals surface area contributed by atoms with Gasteiger partial charge in [0.05, 0.1) is 6.04 Å². The molecule has 2 aromatic rings. The number of rotatable bonds is 12. The molecule has 0 saturated carbocycles. The highest BCUT2D eigenvalue weighted by Crippen LogP contribution is 2.37. The van der Waals surface area contributed by atoms with Crippen LogP contribution in [0, 0.1) is 5.82 Å². The van der Waals surface area contributed by atoms with Crippen molar-refractivity contribution in [2.24, 2.45) is 0 Å². The van der Waals surface area contributed by atoms with Gasteiger partial charge in [0, 0.05) is 31.2 Å². The summed E-state index contributed by atoms with van der Waals surface area (Å²) in [6, 6.07) is 11.0. The van der Waals surface area contributed by atoms with Gasteiger partial charge in [0.15, 0.2) is 5.78 Å². The van der Waals surface area contributed by atoms with E-state index < -0.39 is 29.5 Å². The number of carbonyl (C=O) groups is 3. The second-order valence-corrected chi connectivity index (χ2v) is 10.5. The number of likely N-dealkylation sites (tertiary alicyclic amines) is 1. The average Bonchev–Trinajstić information content (AvgIpc) is 3.44. The molecule has 2 saturated heterocycles. The summed E-state index contributed by atoms with van der Waals surface area (Å²) in [5.74, 6) is 0.446. The molecule has 0 radical (unpaired) electrons. The smallest absolute Gasteiger partial charge is 0.303 e. The van der Waals surface area contributed by atoms with Crippen LogP contribution in [0.15, 0.2) is 48.5 Å². The van der Waals surface area contributed by atoms with E-state index in [0.29, 0.717) is 60.9 Å². The number of benzene rings is 2. The lowest BCUT2D eigenvalue weighted by Gasteiger charge is -2.33. The van der Waals surface area contributed by atoms with Crippen LogP contribution in [0.5, 0.6) is 11.5 Å². The molecule has 3 atom stereocenters. The Hall–Kier alpha value is -2.95. The van der Waals surface area contributed by atoms with Crippen molar-refractivity contribution in [1.29, 1.82) is 0 Å². The molecule has 37 heavy (non-hydrogen) atoms. The molecule has 3 unspecified atom stereocenters. The fourth-order valence-electron chi connectivity index (χ4n) is 4.96. The highest BCUT2D eigenvalue weighted by atomic mass is 32.2. The minimum atomic E-state index is -1.48. The summed E-state index contributed by atoms with van der Waals surface area (Å²) in [7, 11) is 0. The van der Waals surface area contributed by atoms with Gasteiger partial charge in [-0.15, -0.1) is 0 Å². The second-order valence-electron chi connectivity index (χ2n) is 9.30. The number of amides is 1. The van der Waals surface area contributed by atoms with Crippen molar-refractivity contribution in [1.82, 2.24) is 10.2 Å². The fraction of sp³-hybridized carbons (Fsp3) is 0.444. The number of ether oxygens (including phenoxy) is 1. The number of nitrogens with zero attached hydrogens (tertiary/aromatic N) is 1. The molecule has 2 fully saturated rings. The maximum absolute atomic E-state index is 13.7. The summed E-state index contributed by atoms with van der Waals surface area (Å²) in [5.41, 5.74) is -0.976. The first-order valence-electron chi connectivity index (χ1n) is 12.4. The molecule has 0 aromatic heterocycles. The van der Waals surface area contributed by atoms with Crippen molar-refractivity contribution in [3.63, 3.8) is 0 Å². The number of aliphatic carboxylic acids is 1. The molecule has 0 spiro atoms. The van der Waals surface area contributed by atoms with Crippen LogP contribution in [0.25, 0.3) is 0 Å². The predicted octanol–water partition coefficient (Wildman–Crippen LogP) is 3.33. The summed E-state index contributed by atoms with van der Waals surface area (Å²) in [5, 5.41) is 23.6. The third-order valence-corrected chi connectivity index (χ3v) is 7.84. The molecule has 8 nitrogen and oxygen atoms in total. The number of nitrogens with one attached hydrogen (secondary N) is 1. The van der Waals surface area contributed by atoms with Gasteiger partial charge in [-0.25, -0.2) is 4.39 Å². The molecule has 1 amide bonds. The number of carbonyl (C=O) groups excluding carboxylic acids is 2. The van der Waals surface area contributed by atoms with E-state index in [2.05, 4.69) is 5.32 Å². The van der Waals surface area contributed by atoms with E-state index in [0.717, 1.165) is 0 Å². The number of aliphatic hydroxyl groups is 1. The largest absolute Gasteiger partial charge is 0.481 e. The third-order valence-electron chi connectivity index (χ3n) is 6.79. The van der Waals surface area contributed by atoms with E-state index >= 15 is 0 Å². The first-order chi connectivity index (χ1) is 17.8. The van der Waals surface area contributed by atoms with Gasteiger partial charge in [-0.3, -0.25) is 14.4 Å². The van der Waals surface area contributed by atoms with Gasteiger partial charge in [-0.1, -0.05) is 18.2 Å². The molecule has 4 rings (SSSR count). The SMILES string of the molecule is O=C(O)CCCSCCN1C(=O)CCC1C(=O)C1NCCC1(O)c1cccc(Oc2cccc(F)c2)c1. The van der Waals surface area contributed by atoms with Crippen LogP contribution in [0.4, 0.5) is 4.39 Å². The summed E-state index contributed by atoms with van der Waals surface area (Å²) in [6.07, 6.45) is 1.65. The number of halogens is 1. The number of ketones is 1. The molecule has 0 bridgehead atoms. The van der Waals surface area contributed by atoms with Crippen LogP contribution < -0.4 is 10.1 Å². The van der Waals surface area contributed by atoms with Crippen molar-refractivity contribution in [3.8, 4) is 11.5 Å². The number of Topliss-reactive ketones (excluding diaryl/α,β-unsaturated/α-hetero) is 1. The summed E-state index contributed by atoms with van der Waals surface area (Å²) >= 11 is 1.56. The topological polar surface area (TPSA) is 116 Å². The maximum Gasteiger partial charge on any atom is 0.303 e. The van der Waals surface area contributed by atoms with Crippen molar-refractivity contribution < 1.29 is 33.7 Å². The molecule has 3 N–H and O–H groups in total. The zero-order valence-electron chi connectivity index (χ0n) is 20.4. The van der Waals surface area contributed by atoms with E-state index in [-0.39, 0.29) is 24.5 Å². The number of carboxylic acids is 1. The Morgan fingerprint density at radius 2 is 1.92 bits per heavy atom. The molecule has 2 aliphatic heterocycles. The molecular weight excluding hydrogens is 499 g/mol. The minimum absolute atomic E-state index is 0.0866. The lowest BCUT2D eigenvalue weighted by atomic mass is 9.82. The van der Waals surface area contributed by atoms with Gasteiger partial charge in [0.25, 0.3) is 0 Å². The van der Waals surface area contributed by atoms with E-state index in [4.69, 9.17) is 9.84 Å². The Labute approximate surface area is 219 Å². The molecule has 10 heteroatoms. The van der Waals surface area contributed by atoms with Crippen LogP contribution in [0.3, 0.4) is 0 Å². The Balaban J connectivity index is 1.43. The van der Waals surface area contributed by atoms with Crippen LogP contribution in [0.1, 0.15) is 37.7 Å². The first-order valence-corrected chi connectivity index (χ1v) is 13.6. The van der Waals surface area contributed by atoms with Gasteiger partial charge in [-0.2, -0.15) is 11.8 Å². The van der Waals surface area contributed by atoms with E-state index in [1.165, 1.54) is 12.1 Å². The predicted molar refractivity (Wildman–Crippen MR) is 137 cm³/mol. The Bertz CT molecular complexity index is 1150. The quantitative estimate of drug-likeness (QED) is 0.358. The highest BCUT2D eigenvalue weighted by Gasteiger charge is 2.50. The molecule has 2 heterocycles. The van der Waals surface area contributed by atoms with Crippen molar-refractivity contribution in [2.45, 2.75) is 49.8 Å². The Morgan fingerprint density at radius 1 is 1.16 bits per heavy atom. The van der Waals surface area contributed by atoms with Crippen LogP contribution >= 0.6 is 11.8 Å². The van der Waals surface area contributed by atoms with Gasteiger partial charge in [0.2, 0.25) is 5.91 Å². The Morgan fingerprint density at radius 3 is 2.68 bits per heavy atom. The van der Waals surface area contributed by atoms with Gasteiger partial charge >= 0.3 is 5.97 Å². The number of hydrogen-bond acceptors (Lipinski definition) is 7. The zero-order valence-corrected chi connectivity index (χ0v) is 21.2. The summed E-state index contributed by atoms with van der Waals surface area (Å²) in [6.45, 7) is 0.830. The fourth-order valence-corrected chi connectivity index (χ4v) is 5.83. The standard InChI is InChI=1S/C27H31FN2O6S/c28-19-5-2-7-21(17-19)36-20-6-1-4-18(16-20)27(35)11-12-29-26(27)25(34)22-9-10-23(31)30(22)13-15-37-14-3-8-24(32)33/h1-2,4-7,16-17,22,26,29,35H,3,8-15H2,(H,32,33). The number of hydrogen-bond donors (Lipinski definition) is 3. The van der Waals surface area contributed by atoms with Crippen LogP contribution in [-0.4, -0.2) is 69.5 Å². The van der Waals surface area contributed by atoms with E-state index in [1.54, 1.807) is 53.1 Å². The summed E-state index contributed by atoms with van der Waals surface area (Å²) < 4.78 is 19.3. The lowest BCUT2D eigenvalue weighted by molar-refractivity contribution is -0.137. The maximum atomic E-state index is 13.7. The average molecular weight is 531 g/mol. The van der Waals surface area contributed by atoms with E-state index in [9.17, 15) is 23.9 Å². The number of thioether (sulfide) groups is 1. The van der Waals surface area contributed by atoms with Crippen LogP contribution in [-0.2, 0) is 20.0 Å². The van der Waals surface area contributed by atoms with Gasteiger partial charge < -0.3 is 25.2 Å². The second kappa shape index (κ2) is 12.1. The number of carboxylic acid groups (broad SMARTS) is 1. The molecule has 2 aliphatic rings. The lowest BCUT2D eigenvalue weighted by Crippen LogP contribution is -2.53. The van der Waals surface area contributed by atoms with Gasteiger partial charge in [0.1, 0.15) is 29.0 Å². The summed E-state index contributed by atoms with van der Waals surface area (Å²) in [4.78, 5) is 38.4. The van der Waals surface area contributed by atoms with E-state index in [1.807, 2.05) is 0 Å². The van der Waals surface area contributed by atoms with Crippen molar-refractivity contribution in [2.75, 3.05) is 24.6 Å². The highest BCUT2D eigenvalue weighted by molar-refractivity contribution is 7.99. The van der Waals surface area contributed by atoms with Crippen molar-refractivity contribution >= 4 is 29.4 Å².